The van der Waals surface area contributed by atoms with Crippen molar-refractivity contribution < 1.29 is 9.53 Å². The fourth-order valence-electron chi connectivity index (χ4n) is 3.66. The van der Waals surface area contributed by atoms with Crippen LogP contribution in [0.25, 0.3) is 0 Å². The normalized spacial score (nSPS) is 19.7. The van der Waals surface area contributed by atoms with E-state index in [9.17, 15) is 4.79 Å². The Morgan fingerprint density at radius 1 is 1.11 bits per heavy atom. The van der Waals surface area contributed by atoms with Crippen LogP contribution in [0.1, 0.15) is 44.2 Å². The van der Waals surface area contributed by atoms with Crippen LogP contribution in [0, 0.1) is 5.92 Å². The molecule has 0 bridgehead atoms. The zero-order chi connectivity index (χ0) is 19.1. The third-order valence-electron chi connectivity index (χ3n) is 4.94. The summed E-state index contributed by atoms with van der Waals surface area (Å²) in [5.41, 5.74) is 3.21. The number of para-hydroxylation sites is 1. The zero-order valence-electron chi connectivity index (χ0n) is 16.3. The summed E-state index contributed by atoms with van der Waals surface area (Å²) in [6, 6.07) is 18.3. The maximum absolute atomic E-state index is 12.6. The van der Waals surface area contributed by atoms with Crippen LogP contribution in [-0.4, -0.2) is 24.8 Å². The molecule has 2 aromatic carbocycles. The summed E-state index contributed by atoms with van der Waals surface area (Å²) >= 11 is 0. The molecule has 144 valence electrons. The van der Waals surface area contributed by atoms with E-state index in [0.29, 0.717) is 12.5 Å². The van der Waals surface area contributed by atoms with Gasteiger partial charge in [0.1, 0.15) is 0 Å². The van der Waals surface area contributed by atoms with Crippen LogP contribution < -0.4 is 10.6 Å². The molecule has 0 aliphatic carbocycles. The fourth-order valence-corrected chi connectivity index (χ4v) is 3.66. The van der Waals surface area contributed by atoms with Gasteiger partial charge in [0.15, 0.2) is 0 Å². The van der Waals surface area contributed by atoms with Crippen LogP contribution in [0.3, 0.4) is 0 Å². The second-order valence-electron chi connectivity index (χ2n) is 7.76. The molecular weight excluding hydrogens is 336 g/mol. The molecule has 1 aliphatic rings. The molecule has 2 unspecified atom stereocenters. The molecule has 3 rings (SSSR count). The summed E-state index contributed by atoms with van der Waals surface area (Å²) in [7, 11) is 0. The lowest BCUT2D eigenvalue weighted by Crippen LogP contribution is -2.44. The van der Waals surface area contributed by atoms with Crippen LogP contribution in [-0.2, 0) is 11.2 Å². The monoisotopic (exact) mass is 366 g/mol. The Labute approximate surface area is 162 Å². The third-order valence-corrected chi connectivity index (χ3v) is 4.94. The van der Waals surface area contributed by atoms with E-state index in [1.165, 1.54) is 5.56 Å². The van der Waals surface area contributed by atoms with E-state index in [2.05, 4.69) is 42.7 Å². The minimum absolute atomic E-state index is 0.134. The van der Waals surface area contributed by atoms with Gasteiger partial charge in [-0.3, -0.25) is 0 Å². The van der Waals surface area contributed by atoms with Crippen molar-refractivity contribution in [1.29, 1.82) is 0 Å². The largest absolute Gasteiger partial charge is 0.378 e. The van der Waals surface area contributed by atoms with E-state index in [1.807, 2.05) is 36.4 Å². The number of ether oxygens (including phenoxy) is 1. The van der Waals surface area contributed by atoms with Crippen molar-refractivity contribution in [2.75, 3.05) is 11.9 Å². The quantitative estimate of drug-likeness (QED) is 0.756. The van der Waals surface area contributed by atoms with E-state index < -0.39 is 0 Å². The number of urea groups is 1. The van der Waals surface area contributed by atoms with E-state index >= 15 is 0 Å². The van der Waals surface area contributed by atoms with Crippen molar-refractivity contribution in [3.8, 4) is 0 Å². The first-order valence-corrected chi connectivity index (χ1v) is 9.91. The number of anilines is 1. The van der Waals surface area contributed by atoms with Crippen molar-refractivity contribution in [3.63, 3.8) is 0 Å². The summed E-state index contributed by atoms with van der Waals surface area (Å²) in [6.45, 7) is 5.13. The van der Waals surface area contributed by atoms with Crippen LogP contribution in [0.2, 0.25) is 0 Å². The average Bonchev–Trinajstić information content (AvgIpc) is 2.64. The average molecular weight is 367 g/mol. The van der Waals surface area contributed by atoms with E-state index in [4.69, 9.17) is 4.74 Å². The van der Waals surface area contributed by atoms with Crippen LogP contribution >= 0.6 is 0 Å². The number of benzene rings is 2. The summed E-state index contributed by atoms with van der Waals surface area (Å²) < 4.78 is 5.83. The molecule has 1 saturated heterocycles. The Bertz CT molecular complexity index is 730. The second-order valence-corrected chi connectivity index (χ2v) is 7.76. The van der Waals surface area contributed by atoms with Gasteiger partial charge in [-0.2, -0.15) is 0 Å². The maximum atomic E-state index is 12.6. The molecule has 0 spiro atoms. The van der Waals surface area contributed by atoms with Gasteiger partial charge in [-0.15, -0.1) is 0 Å². The Balaban J connectivity index is 1.58. The van der Waals surface area contributed by atoms with Gasteiger partial charge >= 0.3 is 6.03 Å². The van der Waals surface area contributed by atoms with E-state index in [0.717, 1.165) is 36.9 Å². The number of rotatable bonds is 6. The number of hydrogen-bond acceptors (Lipinski definition) is 2. The van der Waals surface area contributed by atoms with Gasteiger partial charge in [0, 0.05) is 18.3 Å². The van der Waals surface area contributed by atoms with Gasteiger partial charge in [0.05, 0.1) is 6.10 Å². The minimum Gasteiger partial charge on any atom is -0.378 e. The molecule has 4 nitrogen and oxygen atoms in total. The van der Waals surface area contributed by atoms with Gasteiger partial charge in [-0.25, -0.2) is 4.79 Å². The molecule has 27 heavy (non-hydrogen) atoms. The summed E-state index contributed by atoms with van der Waals surface area (Å²) in [4.78, 5) is 12.6. The molecule has 0 radical (unpaired) electrons. The molecular formula is C23H30N2O2. The number of carbonyl (C=O) groups is 1. The Morgan fingerprint density at radius 3 is 2.63 bits per heavy atom. The van der Waals surface area contributed by atoms with E-state index in [-0.39, 0.29) is 18.2 Å². The highest BCUT2D eigenvalue weighted by molar-refractivity contribution is 5.90. The van der Waals surface area contributed by atoms with Crippen LogP contribution in [0.15, 0.2) is 54.6 Å². The Hall–Kier alpha value is -2.33. The Morgan fingerprint density at radius 2 is 1.85 bits per heavy atom. The molecule has 2 amide bonds. The van der Waals surface area contributed by atoms with Gasteiger partial charge in [0.2, 0.25) is 0 Å². The smallest absolute Gasteiger partial charge is 0.319 e. The van der Waals surface area contributed by atoms with Crippen molar-refractivity contribution in [2.24, 2.45) is 5.92 Å². The lowest BCUT2D eigenvalue weighted by molar-refractivity contribution is -0.00717. The first-order valence-electron chi connectivity index (χ1n) is 9.91. The van der Waals surface area contributed by atoms with Gasteiger partial charge in [-0.1, -0.05) is 62.4 Å². The Kier molecular flexibility index (Phi) is 6.88. The second kappa shape index (κ2) is 9.56. The van der Waals surface area contributed by atoms with Gasteiger partial charge in [-0.05, 0) is 48.8 Å². The van der Waals surface area contributed by atoms with Gasteiger partial charge in [0.25, 0.3) is 0 Å². The van der Waals surface area contributed by atoms with Gasteiger partial charge < -0.3 is 15.4 Å². The number of hydrogen-bond donors (Lipinski definition) is 2. The molecule has 2 aromatic rings. The highest BCUT2D eigenvalue weighted by Gasteiger charge is 2.24. The summed E-state index contributed by atoms with van der Waals surface area (Å²) in [5, 5.41) is 6.17. The first-order chi connectivity index (χ1) is 13.1. The molecule has 1 heterocycles. The predicted octanol–water partition coefficient (Wildman–Crippen LogP) is 4.99. The molecule has 2 atom stereocenters. The van der Waals surface area contributed by atoms with Crippen LogP contribution in [0.5, 0.6) is 0 Å². The molecule has 0 saturated carbocycles. The predicted molar refractivity (Wildman–Crippen MR) is 110 cm³/mol. The molecule has 4 heteroatoms. The van der Waals surface area contributed by atoms with E-state index in [1.54, 1.807) is 0 Å². The lowest BCUT2D eigenvalue weighted by atomic mass is 9.96. The summed E-state index contributed by atoms with van der Waals surface area (Å²) in [5.74, 6) is 0.604. The van der Waals surface area contributed by atoms with Crippen molar-refractivity contribution in [2.45, 2.75) is 51.7 Å². The molecule has 1 aliphatic heterocycles. The standard InChI is InChI=1S/C23H30N2O2/c1-17(2)14-21-16-20(12-13-27-21)24-23(26)25-22-11-7-6-10-19(22)15-18-8-4-3-5-9-18/h3-11,17,20-21H,12-16H2,1-2H3,(H2,24,25,26). The topological polar surface area (TPSA) is 50.4 Å². The minimum atomic E-state index is -0.134. The number of carbonyl (C=O) groups excluding carboxylic acids is 1. The molecule has 2 N–H and O–H groups in total. The first kappa shape index (κ1) is 19.4. The third kappa shape index (κ3) is 6.10. The fraction of sp³-hybridized carbons (Fsp3) is 0.435. The van der Waals surface area contributed by atoms with Crippen molar-refractivity contribution in [3.05, 3.63) is 65.7 Å². The van der Waals surface area contributed by atoms with Crippen molar-refractivity contribution >= 4 is 11.7 Å². The molecule has 0 aromatic heterocycles. The lowest BCUT2D eigenvalue weighted by Gasteiger charge is -2.31. The number of amides is 2. The maximum Gasteiger partial charge on any atom is 0.319 e. The summed E-state index contributed by atoms with van der Waals surface area (Å²) in [6.07, 6.45) is 3.84. The van der Waals surface area contributed by atoms with Crippen molar-refractivity contribution in [1.82, 2.24) is 5.32 Å². The zero-order valence-corrected chi connectivity index (χ0v) is 16.3. The number of nitrogens with one attached hydrogen (secondary N) is 2. The highest BCUT2D eigenvalue weighted by Crippen LogP contribution is 2.21. The SMILES string of the molecule is CC(C)CC1CC(NC(=O)Nc2ccccc2Cc2ccccc2)CCO1. The van der Waals surface area contributed by atoms with Crippen LogP contribution in [0.4, 0.5) is 10.5 Å². The highest BCUT2D eigenvalue weighted by atomic mass is 16.5. The molecule has 1 fully saturated rings.